The fraction of sp³-hybridized carbons (Fsp3) is 0.625. The highest BCUT2D eigenvalue weighted by Gasteiger charge is 2.24. The van der Waals surface area contributed by atoms with E-state index in [0.29, 0.717) is 6.04 Å². The molecule has 18 heavy (non-hydrogen) atoms. The van der Waals surface area contributed by atoms with Gasteiger partial charge in [-0.25, -0.2) is 0 Å². The van der Waals surface area contributed by atoms with Crippen molar-refractivity contribution in [3.05, 3.63) is 34.9 Å². The lowest BCUT2D eigenvalue weighted by Gasteiger charge is -2.31. The van der Waals surface area contributed by atoms with Crippen LogP contribution in [-0.4, -0.2) is 6.54 Å². The summed E-state index contributed by atoms with van der Waals surface area (Å²) >= 11 is 5.99. The summed E-state index contributed by atoms with van der Waals surface area (Å²) in [6.45, 7) is 3.33. The first kappa shape index (κ1) is 13.9. The van der Waals surface area contributed by atoms with Gasteiger partial charge in [-0.2, -0.15) is 0 Å². The third-order valence-corrected chi connectivity index (χ3v) is 4.22. The first-order valence-corrected chi connectivity index (χ1v) is 7.68. The Kier molecular flexibility index (Phi) is 5.52. The first-order valence-electron chi connectivity index (χ1n) is 7.30. The van der Waals surface area contributed by atoms with Gasteiger partial charge in [-0.15, -0.1) is 0 Å². The van der Waals surface area contributed by atoms with Gasteiger partial charge in [-0.1, -0.05) is 49.9 Å². The minimum Gasteiger partial charge on any atom is -0.310 e. The number of rotatable bonds is 5. The second-order valence-electron chi connectivity index (χ2n) is 5.38. The van der Waals surface area contributed by atoms with Crippen LogP contribution in [0.4, 0.5) is 0 Å². The lowest BCUT2D eigenvalue weighted by molar-refractivity contribution is 0.272. The van der Waals surface area contributed by atoms with Crippen molar-refractivity contribution in [3.8, 4) is 0 Å². The average Bonchev–Trinajstić information content (AvgIpc) is 2.42. The molecule has 1 aromatic carbocycles. The van der Waals surface area contributed by atoms with Crippen molar-refractivity contribution < 1.29 is 0 Å². The van der Waals surface area contributed by atoms with Crippen LogP contribution in [0.3, 0.4) is 0 Å². The summed E-state index contributed by atoms with van der Waals surface area (Å²) in [4.78, 5) is 0. The average molecular weight is 266 g/mol. The Morgan fingerprint density at radius 3 is 2.44 bits per heavy atom. The Morgan fingerprint density at radius 2 is 1.83 bits per heavy atom. The van der Waals surface area contributed by atoms with Crippen molar-refractivity contribution in [3.63, 3.8) is 0 Å². The molecule has 0 bridgehead atoms. The molecule has 0 amide bonds. The fourth-order valence-electron chi connectivity index (χ4n) is 2.99. The second-order valence-corrected chi connectivity index (χ2v) is 5.82. The molecule has 0 heterocycles. The van der Waals surface area contributed by atoms with Crippen molar-refractivity contribution in [1.29, 1.82) is 0 Å². The molecule has 1 aliphatic rings. The third kappa shape index (κ3) is 3.73. The Morgan fingerprint density at radius 1 is 1.17 bits per heavy atom. The van der Waals surface area contributed by atoms with Crippen molar-refractivity contribution in [1.82, 2.24) is 5.32 Å². The maximum atomic E-state index is 5.99. The number of hydrogen-bond acceptors (Lipinski definition) is 1. The number of nitrogens with one attached hydrogen (secondary N) is 1. The Hall–Kier alpha value is -0.530. The van der Waals surface area contributed by atoms with Gasteiger partial charge >= 0.3 is 0 Å². The summed E-state index contributed by atoms with van der Waals surface area (Å²) in [6, 6.07) is 8.91. The van der Waals surface area contributed by atoms with Crippen molar-refractivity contribution in [2.45, 2.75) is 51.5 Å². The lowest BCUT2D eigenvalue weighted by Crippen LogP contribution is -2.30. The molecule has 1 N–H and O–H groups in total. The molecule has 1 atom stereocenters. The number of hydrogen-bond donors (Lipinski definition) is 1. The molecule has 1 nitrogen and oxygen atoms in total. The topological polar surface area (TPSA) is 12.0 Å². The van der Waals surface area contributed by atoms with Gasteiger partial charge in [-0.3, -0.25) is 0 Å². The van der Waals surface area contributed by atoms with Crippen LogP contribution in [0.1, 0.15) is 57.1 Å². The molecular formula is C16H24ClN. The highest BCUT2D eigenvalue weighted by atomic mass is 35.5. The van der Waals surface area contributed by atoms with Gasteiger partial charge in [0.1, 0.15) is 0 Å². The summed E-state index contributed by atoms with van der Waals surface area (Å²) in [5, 5.41) is 4.56. The molecule has 1 aliphatic carbocycles. The van der Waals surface area contributed by atoms with Crippen LogP contribution in [0.2, 0.25) is 5.02 Å². The van der Waals surface area contributed by atoms with E-state index in [1.165, 1.54) is 44.1 Å². The number of halogens is 1. The molecule has 2 rings (SSSR count). The first-order chi connectivity index (χ1) is 8.81. The molecule has 1 fully saturated rings. The molecule has 0 aliphatic heterocycles. The van der Waals surface area contributed by atoms with Crippen LogP contribution >= 0.6 is 11.6 Å². The molecule has 0 aromatic heterocycles. The van der Waals surface area contributed by atoms with Crippen molar-refractivity contribution >= 4 is 11.6 Å². The van der Waals surface area contributed by atoms with Gasteiger partial charge < -0.3 is 5.32 Å². The van der Waals surface area contributed by atoms with Gasteiger partial charge in [-0.05, 0) is 49.4 Å². The van der Waals surface area contributed by atoms with Crippen LogP contribution in [0.5, 0.6) is 0 Å². The highest BCUT2D eigenvalue weighted by Crippen LogP contribution is 2.34. The van der Waals surface area contributed by atoms with Crippen LogP contribution in [0, 0.1) is 5.92 Å². The maximum Gasteiger partial charge on any atom is 0.0406 e. The van der Waals surface area contributed by atoms with E-state index in [9.17, 15) is 0 Å². The van der Waals surface area contributed by atoms with Gasteiger partial charge in [0, 0.05) is 11.1 Å². The zero-order valence-electron chi connectivity index (χ0n) is 11.3. The zero-order valence-corrected chi connectivity index (χ0v) is 12.0. The molecule has 100 valence electrons. The van der Waals surface area contributed by atoms with E-state index in [1.54, 1.807) is 0 Å². The molecule has 1 unspecified atom stereocenters. The lowest BCUT2D eigenvalue weighted by atomic mass is 9.81. The van der Waals surface area contributed by atoms with Crippen LogP contribution < -0.4 is 5.32 Å². The van der Waals surface area contributed by atoms with Gasteiger partial charge in [0.2, 0.25) is 0 Å². The van der Waals surface area contributed by atoms with Crippen LogP contribution in [0.25, 0.3) is 0 Å². The normalized spacial score (nSPS) is 18.8. The monoisotopic (exact) mass is 265 g/mol. The maximum absolute atomic E-state index is 5.99. The Labute approximate surface area is 116 Å². The van der Waals surface area contributed by atoms with Crippen molar-refractivity contribution in [2.75, 3.05) is 6.54 Å². The third-order valence-electron chi connectivity index (χ3n) is 3.96. The largest absolute Gasteiger partial charge is 0.310 e. The molecule has 1 saturated carbocycles. The summed E-state index contributed by atoms with van der Waals surface area (Å²) in [7, 11) is 0. The van der Waals surface area contributed by atoms with E-state index in [1.807, 2.05) is 12.1 Å². The summed E-state index contributed by atoms with van der Waals surface area (Å²) in [5.74, 6) is 0.798. The van der Waals surface area contributed by atoms with E-state index in [4.69, 9.17) is 11.6 Å². The predicted molar refractivity (Wildman–Crippen MR) is 79.1 cm³/mol. The summed E-state index contributed by atoms with van der Waals surface area (Å²) < 4.78 is 0. The SMILES string of the molecule is CCCNC(c1ccc(Cl)cc1)C1CCCCC1. The zero-order chi connectivity index (χ0) is 12.8. The molecule has 1 aromatic rings. The van der Waals surface area contributed by atoms with Crippen molar-refractivity contribution in [2.24, 2.45) is 5.92 Å². The van der Waals surface area contributed by atoms with E-state index in [2.05, 4.69) is 24.4 Å². The van der Waals surface area contributed by atoms with Gasteiger partial charge in [0.05, 0.1) is 0 Å². The molecule has 0 saturated heterocycles. The van der Waals surface area contributed by atoms with E-state index in [0.717, 1.165) is 17.5 Å². The highest BCUT2D eigenvalue weighted by molar-refractivity contribution is 6.30. The van der Waals surface area contributed by atoms with Crippen LogP contribution in [0.15, 0.2) is 24.3 Å². The molecule has 0 spiro atoms. The molecule has 2 heteroatoms. The Bertz CT molecular complexity index is 341. The minimum atomic E-state index is 0.516. The standard InChI is InChI=1S/C16H24ClN/c1-2-12-18-16(13-6-4-3-5-7-13)14-8-10-15(17)11-9-14/h8-11,13,16,18H,2-7,12H2,1H3. The summed E-state index contributed by atoms with van der Waals surface area (Å²) in [6.07, 6.45) is 8.12. The number of benzene rings is 1. The Balaban J connectivity index is 2.10. The molecular weight excluding hydrogens is 242 g/mol. The van der Waals surface area contributed by atoms with Gasteiger partial charge in [0.25, 0.3) is 0 Å². The smallest absolute Gasteiger partial charge is 0.0406 e. The fourth-order valence-corrected chi connectivity index (χ4v) is 3.12. The minimum absolute atomic E-state index is 0.516. The van der Waals surface area contributed by atoms with Crippen LogP contribution in [-0.2, 0) is 0 Å². The van der Waals surface area contributed by atoms with E-state index >= 15 is 0 Å². The van der Waals surface area contributed by atoms with E-state index in [-0.39, 0.29) is 0 Å². The summed E-state index contributed by atoms with van der Waals surface area (Å²) in [5.41, 5.74) is 1.40. The predicted octanol–water partition coefficient (Wildman–Crippen LogP) is 4.96. The van der Waals surface area contributed by atoms with Gasteiger partial charge in [0.15, 0.2) is 0 Å². The molecule has 0 radical (unpaired) electrons. The second kappa shape index (κ2) is 7.16. The van der Waals surface area contributed by atoms with E-state index < -0.39 is 0 Å². The quantitative estimate of drug-likeness (QED) is 0.793.